The third kappa shape index (κ3) is 3.28. The predicted octanol–water partition coefficient (Wildman–Crippen LogP) is 2.09. The average molecular weight is 281 g/mol. The molecule has 0 aliphatic heterocycles. The molecule has 0 amide bonds. The molecule has 5 nitrogen and oxygen atoms in total. The minimum absolute atomic E-state index is 0.397. The maximum Gasteiger partial charge on any atom is 0.203 e. The summed E-state index contributed by atoms with van der Waals surface area (Å²) in [4.78, 5) is 0. The van der Waals surface area contributed by atoms with Crippen LogP contribution in [0.3, 0.4) is 0 Å². The van der Waals surface area contributed by atoms with E-state index in [1.54, 1.807) is 21.3 Å². The normalized spacial score (nSPS) is 15.6. The third-order valence-corrected chi connectivity index (χ3v) is 3.63. The SMILES string of the molecule is CNC(COc1cc(OC)c(OC)c(OC)c1)C1CC1. The molecule has 5 heteroatoms. The molecule has 1 atom stereocenters. The summed E-state index contributed by atoms with van der Waals surface area (Å²) in [7, 11) is 6.76. The highest BCUT2D eigenvalue weighted by atomic mass is 16.5. The molecule has 0 spiro atoms. The standard InChI is InChI=1S/C15H23NO4/c1-16-12(10-5-6-10)9-20-11-7-13(17-2)15(19-4)14(8-11)18-3/h7-8,10,12,16H,5-6,9H2,1-4H3. The number of likely N-dealkylation sites (N-methyl/N-ethyl adjacent to an activating group) is 1. The molecule has 0 heterocycles. The predicted molar refractivity (Wildman–Crippen MR) is 77.2 cm³/mol. The fourth-order valence-electron chi connectivity index (χ4n) is 2.28. The first-order chi connectivity index (χ1) is 9.73. The van der Waals surface area contributed by atoms with E-state index in [4.69, 9.17) is 18.9 Å². The molecule has 1 aliphatic rings. The van der Waals surface area contributed by atoms with Crippen molar-refractivity contribution in [3.63, 3.8) is 0 Å². The Labute approximate surface area is 120 Å². The zero-order valence-corrected chi connectivity index (χ0v) is 12.6. The van der Waals surface area contributed by atoms with Crippen molar-refractivity contribution in [1.82, 2.24) is 5.32 Å². The van der Waals surface area contributed by atoms with Gasteiger partial charge in [0, 0.05) is 18.2 Å². The summed E-state index contributed by atoms with van der Waals surface area (Å²) in [6.07, 6.45) is 2.56. The zero-order valence-electron chi connectivity index (χ0n) is 12.6. The fourth-order valence-corrected chi connectivity index (χ4v) is 2.28. The molecule has 1 saturated carbocycles. The van der Waals surface area contributed by atoms with Crippen molar-refractivity contribution in [2.24, 2.45) is 5.92 Å². The Kier molecular flexibility index (Phi) is 4.95. The van der Waals surface area contributed by atoms with Gasteiger partial charge in [0.1, 0.15) is 12.4 Å². The van der Waals surface area contributed by atoms with Gasteiger partial charge in [0.15, 0.2) is 11.5 Å². The zero-order chi connectivity index (χ0) is 14.5. The van der Waals surface area contributed by atoms with E-state index in [1.807, 2.05) is 19.2 Å². The van der Waals surface area contributed by atoms with E-state index in [2.05, 4.69) is 5.32 Å². The summed E-state index contributed by atoms with van der Waals surface area (Å²) >= 11 is 0. The molecule has 0 saturated heterocycles. The Bertz CT molecular complexity index is 420. The molecular formula is C15H23NO4. The van der Waals surface area contributed by atoms with Crippen LogP contribution in [0.4, 0.5) is 0 Å². The van der Waals surface area contributed by atoms with E-state index in [0.717, 1.165) is 11.7 Å². The van der Waals surface area contributed by atoms with Gasteiger partial charge in [0.05, 0.1) is 21.3 Å². The highest BCUT2D eigenvalue weighted by Gasteiger charge is 2.30. The number of rotatable bonds is 8. The third-order valence-electron chi connectivity index (χ3n) is 3.63. The van der Waals surface area contributed by atoms with Crippen LogP contribution in [-0.2, 0) is 0 Å². The van der Waals surface area contributed by atoms with Gasteiger partial charge < -0.3 is 24.3 Å². The molecular weight excluding hydrogens is 258 g/mol. The molecule has 112 valence electrons. The first-order valence-electron chi connectivity index (χ1n) is 6.83. The lowest BCUT2D eigenvalue weighted by Crippen LogP contribution is -2.33. The van der Waals surface area contributed by atoms with E-state index in [-0.39, 0.29) is 0 Å². The maximum absolute atomic E-state index is 5.87. The smallest absolute Gasteiger partial charge is 0.203 e. The van der Waals surface area contributed by atoms with E-state index in [1.165, 1.54) is 12.8 Å². The van der Waals surface area contributed by atoms with Gasteiger partial charge in [-0.1, -0.05) is 0 Å². The monoisotopic (exact) mass is 281 g/mol. The van der Waals surface area contributed by atoms with Crippen molar-refractivity contribution in [2.45, 2.75) is 18.9 Å². The molecule has 0 aromatic heterocycles. The van der Waals surface area contributed by atoms with Crippen molar-refractivity contribution >= 4 is 0 Å². The first-order valence-corrected chi connectivity index (χ1v) is 6.83. The summed E-state index contributed by atoms with van der Waals surface area (Å²) in [5, 5.41) is 3.30. The number of benzene rings is 1. The highest BCUT2D eigenvalue weighted by molar-refractivity contribution is 5.55. The average Bonchev–Trinajstić information content (AvgIpc) is 3.31. The minimum atomic E-state index is 0.397. The van der Waals surface area contributed by atoms with Crippen molar-refractivity contribution in [3.8, 4) is 23.0 Å². The summed E-state index contributed by atoms with van der Waals surface area (Å²) in [6.45, 7) is 0.639. The molecule has 1 fully saturated rings. The van der Waals surface area contributed by atoms with Gasteiger partial charge in [0.2, 0.25) is 5.75 Å². The van der Waals surface area contributed by atoms with Gasteiger partial charge in [-0.3, -0.25) is 0 Å². The maximum atomic E-state index is 5.87. The summed E-state index contributed by atoms with van der Waals surface area (Å²) in [6, 6.07) is 4.04. The van der Waals surface area contributed by atoms with E-state index in [0.29, 0.717) is 29.9 Å². The number of nitrogens with one attached hydrogen (secondary N) is 1. The van der Waals surface area contributed by atoms with Crippen LogP contribution in [-0.4, -0.2) is 41.0 Å². The second-order valence-corrected chi connectivity index (χ2v) is 4.90. The van der Waals surface area contributed by atoms with Crippen molar-refractivity contribution in [2.75, 3.05) is 35.0 Å². The van der Waals surface area contributed by atoms with Crippen molar-refractivity contribution in [1.29, 1.82) is 0 Å². The quantitative estimate of drug-likeness (QED) is 0.790. The Balaban J connectivity index is 2.10. The number of hydrogen-bond acceptors (Lipinski definition) is 5. The molecule has 1 N–H and O–H groups in total. The van der Waals surface area contributed by atoms with Gasteiger partial charge in [0.25, 0.3) is 0 Å². The largest absolute Gasteiger partial charge is 0.493 e. The van der Waals surface area contributed by atoms with Gasteiger partial charge in [-0.25, -0.2) is 0 Å². The van der Waals surface area contributed by atoms with Gasteiger partial charge in [-0.15, -0.1) is 0 Å². The van der Waals surface area contributed by atoms with E-state index < -0.39 is 0 Å². The Morgan fingerprint density at radius 3 is 2.10 bits per heavy atom. The molecule has 1 unspecified atom stereocenters. The van der Waals surface area contributed by atoms with Gasteiger partial charge in [-0.2, -0.15) is 0 Å². The fraction of sp³-hybridized carbons (Fsp3) is 0.600. The van der Waals surface area contributed by atoms with Crippen LogP contribution in [0, 0.1) is 5.92 Å². The molecule has 1 aromatic rings. The second kappa shape index (κ2) is 6.70. The molecule has 2 rings (SSSR count). The molecule has 1 aliphatic carbocycles. The van der Waals surface area contributed by atoms with E-state index in [9.17, 15) is 0 Å². The Hall–Kier alpha value is -1.62. The van der Waals surface area contributed by atoms with Crippen LogP contribution in [0.25, 0.3) is 0 Å². The Morgan fingerprint density at radius 1 is 1.10 bits per heavy atom. The molecule has 0 bridgehead atoms. The van der Waals surface area contributed by atoms with Crippen LogP contribution in [0.1, 0.15) is 12.8 Å². The number of hydrogen-bond donors (Lipinski definition) is 1. The van der Waals surface area contributed by atoms with E-state index >= 15 is 0 Å². The lowest BCUT2D eigenvalue weighted by atomic mass is 10.2. The van der Waals surface area contributed by atoms with Gasteiger partial charge >= 0.3 is 0 Å². The first kappa shape index (κ1) is 14.8. The van der Waals surface area contributed by atoms with Crippen LogP contribution in [0.15, 0.2) is 12.1 Å². The minimum Gasteiger partial charge on any atom is -0.493 e. The highest BCUT2D eigenvalue weighted by Crippen LogP contribution is 2.41. The molecule has 1 aromatic carbocycles. The summed E-state index contributed by atoms with van der Waals surface area (Å²) < 4.78 is 21.8. The molecule has 20 heavy (non-hydrogen) atoms. The Morgan fingerprint density at radius 2 is 1.70 bits per heavy atom. The van der Waals surface area contributed by atoms with Gasteiger partial charge in [-0.05, 0) is 25.8 Å². The topological polar surface area (TPSA) is 49.0 Å². The molecule has 0 radical (unpaired) electrons. The summed E-state index contributed by atoms with van der Waals surface area (Å²) in [5.41, 5.74) is 0. The lowest BCUT2D eigenvalue weighted by molar-refractivity contribution is 0.252. The summed E-state index contributed by atoms with van der Waals surface area (Å²) in [5.74, 6) is 3.25. The number of ether oxygens (including phenoxy) is 4. The van der Waals surface area contributed by atoms with Crippen LogP contribution >= 0.6 is 0 Å². The van der Waals surface area contributed by atoms with Crippen molar-refractivity contribution < 1.29 is 18.9 Å². The van der Waals surface area contributed by atoms with Crippen LogP contribution in [0.2, 0.25) is 0 Å². The van der Waals surface area contributed by atoms with Crippen molar-refractivity contribution in [3.05, 3.63) is 12.1 Å². The number of methoxy groups -OCH3 is 3. The lowest BCUT2D eigenvalue weighted by Gasteiger charge is -2.18. The van der Waals surface area contributed by atoms with Crippen LogP contribution in [0.5, 0.6) is 23.0 Å². The van der Waals surface area contributed by atoms with Crippen LogP contribution < -0.4 is 24.3 Å². The second-order valence-electron chi connectivity index (χ2n) is 4.90.